The van der Waals surface area contributed by atoms with Crippen molar-refractivity contribution < 1.29 is 8.42 Å². The summed E-state index contributed by atoms with van der Waals surface area (Å²) in [6.07, 6.45) is 5.17. The predicted octanol–water partition coefficient (Wildman–Crippen LogP) is 1.65. The second kappa shape index (κ2) is 6.64. The molecule has 114 valence electrons. The normalized spacial score (nSPS) is 12.6. The third kappa shape index (κ3) is 5.88. The lowest BCUT2D eigenvalue weighted by Crippen LogP contribution is -2.49. The van der Waals surface area contributed by atoms with Crippen LogP contribution in [0.1, 0.15) is 26.3 Å². The molecule has 2 N–H and O–H groups in total. The van der Waals surface area contributed by atoms with Crippen LogP contribution in [0.15, 0.2) is 34.2 Å². The average Bonchev–Trinajstić information content (AvgIpc) is 2.34. The molecule has 0 radical (unpaired) electrons. The second-order valence-corrected chi connectivity index (χ2v) is 7.34. The summed E-state index contributed by atoms with van der Waals surface area (Å²) < 4.78 is 27.1. The number of guanidine groups is 1. The third-order valence-corrected chi connectivity index (χ3v) is 3.74. The summed E-state index contributed by atoms with van der Waals surface area (Å²) in [6, 6.07) is 6.58. The van der Waals surface area contributed by atoms with Crippen LogP contribution in [-0.2, 0) is 10.0 Å². The van der Waals surface area contributed by atoms with E-state index in [1.807, 2.05) is 27.7 Å². The van der Waals surface area contributed by atoms with E-state index in [4.69, 9.17) is 6.42 Å². The molecule has 0 aliphatic carbocycles. The quantitative estimate of drug-likeness (QED) is 0.507. The van der Waals surface area contributed by atoms with Crippen LogP contribution in [0.4, 0.5) is 0 Å². The molecule has 1 aromatic rings. The summed E-state index contributed by atoms with van der Waals surface area (Å²) in [4.78, 5) is 4.21. The van der Waals surface area contributed by atoms with E-state index in [2.05, 4.69) is 21.0 Å². The maximum absolute atomic E-state index is 12.3. The highest BCUT2D eigenvalue weighted by Gasteiger charge is 2.19. The van der Waals surface area contributed by atoms with E-state index in [0.29, 0.717) is 0 Å². The van der Waals surface area contributed by atoms with Gasteiger partial charge in [0.05, 0.1) is 4.90 Å². The fourth-order valence-electron chi connectivity index (χ4n) is 1.48. The van der Waals surface area contributed by atoms with E-state index in [0.717, 1.165) is 5.56 Å². The molecule has 0 saturated heterocycles. The Morgan fingerprint density at radius 1 is 1.29 bits per heavy atom. The van der Waals surface area contributed by atoms with E-state index < -0.39 is 10.0 Å². The van der Waals surface area contributed by atoms with Crippen LogP contribution in [0.3, 0.4) is 0 Å². The first kappa shape index (κ1) is 17.1. The standard InChI is InChI=1S/C15H21N3O2S/c1-6-11-16-14(17-15(3,4)5)18-21(19,20)13-9-7-12(2)8-10-13/h1,7-10H,11H2,2-5H3,(H2,16,17,18). The van der Waals surface area contributed by atoms with Gasteiger partial charge in [0.15, 0.2) is 0 Å². The van der Waals surface area contributed by atoms with Crippen molar-refractivity contribution in [1.82, 2.24) is 10.0 Å². The number of terminal acetylenes is 1. The van der Waals surface area contributed by atoms with Gasteiger partial charge in [-0.2, -0.15) is 0 Å². The highest BCUT2D eigenvalue weighted by molar-refractivity contribution is 7.90. The molecule has 21 heavy (non-hydrogen) atoms. The number of nitrogens with zero attached hydrogens (tertiary/aromatic N) is 1. The molecule has 0 bridgehead atoms. The van der Waals surface area contributed by atoms with Gasteiger partial charge in [-0.15, -0.1) is 6.42 Å². The minimum Gasteiger partial charge on any atom is -0.351 e. The van der Waals surface area contributed by atoms with Crippen LogP contribution in [0.25, 0.3) is 0 Å². The molecule has 0 unspecified atom stereocenters. The topological polar surface area (TPSA) is 70.6 Å². The van der Waals surface area contributed by atoms with Gasteiger partial charge < -0.3 is 5.32 Å². The van der Waals surface area contributed by atoms with E-state index in [9.17, 15) is 8.42 Å². The number of rotatable bonds is 3. The Morgan fingerprint density at radius 3 is 2.33 bits per heavy atom. The summed E-state index contributed by atoms with van der Waals surface area (Å²) in [5, 5.41) is 2.99. The molecule has 0 spiro atoms. The number of benzene rings is 1. The van der Waals surface area contributed by atoms with Crippen molar-refractivity contribution in [2.75, 3.05) is 6.54 Å². The fraction of sp³-hybridized carbons (Fsp3) is 0.400. The summed E-state index contributed by atoms with van der Waals surface area (Å²) in [7, 11) is -3.69. The van der Waals surface area contributed by atoms with E-state index in [1.165, 1.54) is 0 Å². The number of aliphatic imine (C=N–C) groups is 1. The average molecular weight is 307 g/mol. The zero-order valence-corrected chi connectivity index (χ0v) is 13.6. The highest BCUT2D eigenvalue weighted by Crippen LogP contribution is 2.10. The Hall–Kier alpha value is -2.00. The Morgan fingerprint density at radius 2 is 1.86 bits per heavy atom. The first-order chi connectivity index (χ1) is 9.64. The lowest BCUT2D eigenvalue weighted by atomic mass is 10.1. The summed E-state index contributed by atoms with van der Waals surface area (Å²) in [5.74, 6) is 2.49. The van der Waals surface area contributed by atoms with Gasteiger partial charge in [0.25, 0.3) is 10.0 Å². The van der Waals surface area contributed by atoms with Crippen molar-refractivity contribution in [3.8, 4) is 12.3 Å². The van der Waals surface area contributed by atoms with Crippen molar-refractivity contribution in [2.45, 2.75) is 38.1 Å². The second-order valence-electron chi connectivity index (χ2n) is 5.66. The molecule has 1 aromatic carbocycles. The Kier molecular flexibility index (Phi) is 5.39. The van der Waals surface area contributed by atoms with E-state index in [1.54, 1.807) is 24.3 Å². The zero-order valence-electron chi connectivity index (χ0n) is 12.8. The van der Waals surface area contributed by atoms with E-state index in [-0.39, 0.29) is 22.9 Å². The molecule has 0 aromatic heterocycles. The van der Waals surface area contributed by atoms with Crippen LogP contribution in [-0.4, -0.2) is 26.5 Å². The van der Waals surface area contributed by atoms with Gasteiger partial charge in [0.1, 0.15) is 6.54 Å². The molecule has 0 amide bonds. The summed E-state index contributed by atoms with van der Waals surface area (Å²) in [6.45, 7) is 7.69. The van der Waals surface area contributed by atoms with Gasteiger partial charge in [-0.25, -0.2) is 18.1 Å². The molecule has 5 nitrogen and oxygen atoms in total. The van der Waals surface area contributed by atoms with Gasteiger partial charge in [0, 0.05) is 5.54 Å². The van der Waals surface area contributed by atoms with Crippen molar-refractivity contribution >= 4 is 16.0 Å². The summed E-state index contributed by atoms with van der Waals surface area (Å²) in [5.41, 5.74) is 0.645. The van der Waals surface area contributed by atoms with Crippen LogP contribution in [0.2, 0.25) is 0 Å². The molecule has 6 heteroatoms. The molecule has 0 heterocycles. The molecular formula is C15H21N3O2S. The molecule has 0 atom stereocenters. The first-order valence-corrected chi connectivity index (χ1v) is 7.98. The van der Waals surface area contributed by atoms with Gasteiger partial charge in [0.2, 0.25) is 5.96 Å². The minimum absolute atomic E-state index is 0.0921. The Balaban J connectivity index is 3.02. The molecule has 0 fully saturated rings. The van der Waals surface area contributed by atoms with Crippen molar-refractivity contribution in [1.29, 1.82) is 0 Å². The number of aryl methyl sites for hydroxylation is 1. The lowest BCUT2D eigenvalue weighted by Gasteiger charge is -2.23. The van der Waals surface area contributed by atoms with Gasteiger partial charge in [-0.1, -0.05) is 23.6 Å². The fourth-order valence-corrected chi connectivity index (χ4v) is 2.46. The monoisotopic (exact) mass is 307 g/mol. The van der Waals surface area contributed by atoms with Crippen LogP contribution in [0.5, 0.6) is 0 Å². The van der Waals surface area contributed by atoms with E-state index >= 15 is 0 Å². The SMILES string of the molecule is C#CCN=C(NC(C)(C)C)NS(=O)(=O)c1ccc(C)cc1. The van der Waals surface area contributed by atoms with Gasteiger partial charge in [-0.3, -0.25) is 0 Å². The summed E-state index contributed by atoms with van der Waals surface area (Å²) >= 11 is 0. The first-order valence-electron chi connectivity index (χ1n) is 6.50. The van der Waals surface area contributed by atoms with Crippen LogP contribution >= 0.6 is 0 Å². The molecule has 0 saturated carbocycles. The Labute approximate surface area is 126 Å². The molecule has 0 aliphatic rings. The third-order valence-electron chi connectivity index (χ3n) is 2.38. The maximum Gasteiger partial charge on any atom is 0.264 e. The molecular weight excluding hydrogens is 286 g/mol. The van der Waals surface area contributed by atoms with Gasteiger partial charge >= 0.3 is 0 Å². The van der Waals surface area contributed by atoms with Gasteiger partial charge in [-0.05, 0) is 39.8 Å². The molecule has 0 aliphatic heterocycles. The number of hydrogen-bond donors (Lipinski definition) is 2. The van der Waals surface area contributed by atoms with Crippen LogP contribution in [0, 0.1) is 19.3 Å². The number of sulfonamides is 1. The lowest BCUT2D eigenvalue weighted by molar-refractivity contribution is 0.505. The number of hydrogen-bond acceptors (Lipinski definition) is 3. The minimum atomic E-state index is -3.69. The zero-order chi connectivity index (χ0) is 16.1. The largest absolute Gasteiger partial charge is 0.351 e. The maximum atomic E-state index is 12.3. The number of nitrogens with one attached hydrogen (secondary N) is 2. The van der Waals surface area contributed by atoms with Crippen LogP contribution < -0.4 is 10.0 Å². The predicted molar refractivity (Wildman–Crippen MR) is 85.5 cm³/mol. The highest BCUT2D eigenvalue weighted by atomic mass is 32.2. The van der Waals surface area contributed by atoms with Crippen molar-refractivity contribution in [3.63, 3.8) is 0 Å². The Bertz CT molecular complexity index is 648. The smallest absolute Gasteiger partial charge is 0.264 e. The van der Waals surface area contributed by atoms with Crippen molar-refractivity contribution in [3.05, 3.63) is 29.8 Å². The molecule has 1 rings (SSSR count). The van der Waals surface area contributed by atoms with Crippen molar-refractivity contribution in [2.24, 2.45) is 4.99 Å².